The Morgan fingerprint density at radius 2 is 1.97 bits per heavy atom. The third kappa shape index (κ3) is 6.56. The fourth-order valence-electron chi connectivity index (χ4n) is 4.24. The fraction of sp³-hybridized carbons (Fsp3) is 0.773. The minimum Gasteiger partial charge on any atom is -0.497 e. The summed E-state index contributed by atoms with van der Waals surface area (Å²) in [4.78, 5) is 11.8. The van der Waals surface area contributed by atoms with E-state index in [1.807, 2.05) is 46.8 Å². The summed E-state index contributed by atoms with van der Waals surface area (Å²) in [5.74, 6) is 0.131. The van der Waals surface area contributed by atoms with Gasteiger partial charge in [-0.15, -0.1) is 0 Å². The Hall–Kier alpha value is -1.38. The molecule has 0 aromatic heterocycles. The van der Waals surface area contributed by atoms with E-state index >= 15 is 0 Å². The summed E-state index contributed by atoms with van der Waals surface area (Å²) in [6.07, 6.45) is 6.90. The van der Waals surface area contributed by atoms with Crippen molar-refractivity contribution in [1.29, 1.82) is 0 Å². The van der Waals surface area contributed by atoms with E-state index in [1.54, 1.807) is 11.4 Å². The lowest BCUT2D eigenvalue weighted by Gasteiger charge is -2.39. The molecule has 0 N–H and O–H groups in total. The van der Waals surface area contributed by atoms with Gasteiger partial charge in [0.1, 0.15) is 23.2 Å². The normalized spacial score (nSPS) is 26.0. The van der Waals surface area contributed by atoms with Crippen molar-refractivity contribution < 1.29 is 27.4 Å². The van der Waals surface area contributed by atoms with E-state index in [0.717, 1.165) is 24.8 Å². The number of rotatable bonds is 8. The molecule has 0 spiro atoms. The van der Waals surface area contributed by atoms with Crippen molar-refractivity contribution in [3.8, 4) is 0 Å². The van der Waals surface area contributed by atoms with E-state index in [9.17, 15) is 13.2 Å². The molecule has 1 aliphatic carbocycles. The first-order chi connectivity index (χ1) is 14.0. The lowest BCUT2D eigenvalue weighted by atomic mass is 9.95. The number of hydrogen-bond donors (Lipinski definition) is 0. The zero-order chi connectivity index (χ0) is 22.5. The highest BCUT2D eigenvalue weighted by atomic mass is 32.2. The number of sulfonamides is 1. The molecule has 172 valence electrons. The van der Waals surface area contributed by atoms with Gasteiger partial charge in [-0.05, 0) is 70.6 Å². The maximum atomic E-state index is 13.6. The van der Waals surface area contributed by atoms with Crippen LogP contribution in [0.4, 0.5) is 0 Å². The predicted molar refractivity (Wildman–Crippen MR) is 116 cm³/mol. The SMILES string of the molecule is COC1=CC(C)C(S(=O)(=O)N2CCCCC2CCOCC(=O)OC(C)(C)C)C(C)=C1. The van der Waals surface area contributed by atoms with Crippen LogP contribution in [0.3, 0.4) is 0 Å². The van der Waals surface area contributed by atoms with Crippen molar-refractivity contribution in [2.24, 2.45) is 5.92 Å². The highest BCUT2D eigenvalue weighted by molar-refractivity contribution is 7.90. The van der Waals surface area contributed by atoms with Gasteiger partial charge in [-0.25, -0.2) is 13.2 Å². The monoisotopic (exact) mass is 443 g/mol. The summed E-state index contributed by atoms with van der Waals surface area (Å²) in [6.45, 7) is 9.92. The van der Waals surface area contributed by atoms with Crippen LogP contribution in [0.25, 0.3) is 0 Å². The van der Waals surface area contributed by atoms with Gasteiger partial charge in [0, 0.05) is 19.2 Å². The molecule has 0 aromatic rings. The average Bonchev–Trinajstić information content (AvgIpc) is 2.63. The summed E-state index contributed by atoms with van der Waals surface area (Å²) in [7, 11) is -1.93. The molecule has 1 fully saturated rings. The Balaban J connectivity index is 2.00. The van der Waals surface area contributed by atoms with Gasteiger partial charge in [0.05, 0.1) is 7.11 Å². The van der Waals surface area contributed by atoms with Gasteiger partial charge in [-0.2, -0.15) is 4.31 Å². The Labute approximate surface area is 181 Å². The second-order valence-corrected chi connectivity index (χ2v) is 11.2. The number of methoxy groups -OCH3 is 1. The molecule has 0 aromatic carbocycles. The van der Waals surface area contributed by atoms with E-state index < -0.39 is 26.8 Å². The fourth-order valence-corrected chi connectivity index (χ4v) is 6.70. The second kappa shape index (κ2) is 10.3. The molecule has 2 aliphatic rings. The van der Waals surface area contributed by atoms with Gasteiger partial charge in [0.2, 0.25) is 10.0 Å². The predicted octanol–water partition coefficient (Wildman–Crippen LogP) is 3.41. The second-order valence-electron chi connectivity index (χ2n) is 9.17. The minimum absolute atomic E-state index is 0.116. The molecule has 8 heteroatoms. The summed E-state index contributed by atoms with van der Waals surface area (Å²) < 4.78 is 44.8. The Morgan fingerprint density at radius 1 is 1.27 bits per heavy atom. The largest absolute Gasteiger partial charge is 0.497 e. The van der Waals surface area contributed by atoms with Crippen molar-refractivity contribution in [3.05, 3.63) is 23.5 Å². The first kappa shape index (κ1) is 24.9. The molecule has 1 aliphatic heterocycles. The van der Waals surface area contributed by atoms with E-state index in [-0.39, 0.29) is 18.6 Å². The number of piperidine rings is 1. The molecule has 0 bridgehead atoms. The first-order valence-corrected chi connectivity index (χ1v) is 12.2. The molecule has 3 atom stereocenters. The average molecular weight is 444 g/mol. The van der Waals surface area contributed by atoms with Crippen LogP contribution in [-0.2, 0) is 29.0 Å². The lowest BCUT2D eigenvalue weighted by Crippen LogP contribution is -2.50. The van der Waals surface area contributed by atoms with E-state index in [4.69, 9.17) is 14.2 Å². The third-order valence-electron chi connectivity index (χ3n) is 5.42. The highest BCUT2D eigenvalue weighted by Gasteiger charge is 2.41. The molecular formula is C22H37NO6S. The van der Waals surface area contributed by atoms with Gasteiger partial charge >= 0.3 is 5.97 Å². The smallest absolute Gasteiger partial charge is 0.332 e. The number of carbonyl (C=O) groups is 1. The van der Waals surface area contributed by atoms with Crippen LogP contribution in [0.1, 0.15) is 60.3 Å². The van der Waals surface area contributed by atoms with Crippen molar-refractivity contribution in [1.82, 2.24) is 4.31 Å². The van der Waals surface area contributed by atoms with Gasteiger partial charge < -0.3 is 14.2 Å². The van der Waals surface area contributed by atoms with Crippen LogP contribution in [0.5, 0.6) is 0 Å². The number of allylic oxidation sites excluding steroid dienone is 2. The van der Waals surface area contributed by atoms with Crippen LogP contribution in [0, 0.1) is 5.92 Å². The number of carbonyl (C=O) groups excluding carboxylic acids is 1. The van der Waals surface area contributed by atoms with E-state index in [2.05, 4.69) is 0 Å². The minimum atomic E-state index is -3.52. The highest BCUT2D eigenvalue weighted by Crippen LogP contribution is 2.34. The third-order valence-corrected chi connectivity index (χ3v) is 7.99. The molecule has 0 amide bonds. The van der Waals surface area contributed by atoms with Crippen LogP contribution >= 0.6 is 0 Å². The summed E-state index contributed by atoms with van der Waals surface area (Å²) in [5, 5.41) is -0.584. The Bertz CT molecular complexity index is 765. The quantitative estimate of drug-likeness (QED) is 0.422. The van der Waals surface area contributed by atoms with Crippen LogP contribution in [0.2, 0.25) is 0 Å². The maximum absolute atomic E-state index is 13.6. The zero-order valence-electron chi connectivity index (χ0n) is 19.1. The molecule has 1 saturated heterocycles. The number of ether oxygens (including phenoxy) is 3. The van der Waals surface area contributed by atoms with Crippen LogP contribution in [0.15, 0.2) is 23.5 Å². The Kier molecular flexibility index (Phi) is 8.53. The molecule has 30 heavy (non-hydrogen) atoms. The topological polar surface area (TPSA) is 82.1 Å². The summed E-state index contributed by atoms with van der Waals surface area (Å²) in [5.41, 5.74) is 0.251. The van der Waals surface area contributed by atoms with Crippen molar-refractivity contribution in [2.45, 2.75) is 77.2 Å². The molecule has 0 radical (unpaired) electrons. The summed E-state index contributed by atoms with van der Waals surface area (Å²) in [6, 6.07) is -0.116. The zero-order valence-corrected chi connectivity index (χ0v) is 20.0. The first-order valence-electron chi connectivity index (χ1n) is 10.7. The van der Waals surface area contributed by atoms with Crippen LogP contribution < -0.4 is 0 Å². The molecule has 0 saturated carbocycles. The van der Waals surface area contributed by atoms with Gasteiger partial charge in [0.25, 0.3) is 0 Å². The number of hydrogen-bond acceptors (Lipinski definition) is 6. The van der Waals surface area contributed by atoms with Gasteiger partial charge in [0.15, 0.2) is 0 Å². The van der Waals surface area contributed by atoms with Crippen molar-refractivity contribution in [2.75, 3.05) is 26.9 Å². The lowest BCUT2D eigenvalue weighted by molar-refractivity contribution is -0.160. The van der Waals surface area contributed by atoms with Crippen molar-refractivity contribution in [3.63, 3.8) is 0 Å². The van der Waals surface area contributed by atoms with Gasteiger partial charge in [-0.3, -0.25) is 0 Å². The van der Waals surface area contributed by atoms with E-state index in [0.29, 0.717) is 25.3 Å². The standard InChI is InChI=1S/C22H37NO6S/c1-16-13-19(27-6)14-17(2)21(16)30(25,26)23-11-8-7-9-18(23)10-12-28-15-20(24)29-22(3,4)5/h13-14,16,18,21H,7-12,15H2,1-6H3. The number of nitrogens with zero attached hydrogens (tertiary/aromatic N) is 1. The van der Waals surface area contributed by atoms with Crippen molar-refractivity contribution >= 4 is 16.0 Å². The molecule has 1 heterocycles. The molecule has 2 rings (SSSR count). The molecular weight excluding hydrogens is 406 g/mol. The summed E-state index contributed by atoms with van der Waals surface area (Å²) >= 11 is 0. The molecule has 3 unspecified atom stereocenters. The molecule has 7 nitrogen and oxygen atoms in total. The number of esters is 1. The van der Waals surface area contributed by atoms with Gasteiger partial charge in [-0.1, -0.05) is 13.3 Å². The van der Waals surface area contributed by atoms with Crippen LogP contribution in [-0.4, -0.2) is 62.5 Å². The Morgan fingerprint density at radius 3 is 2.57 bits per heavy atom. The maximum Gasteiger partial charge on any atom is 0.332 e. The van der Waals surface area contributed by atoms with E-state index in [1.165, 1.54) is 0 Å².